The Balaban J connectivity index is 2.71. The van der Waals surface area contributed by atoms with Crippen molar-refractivity contribution in [1.29, 1.82) is 0 Å². The van der Waals surface area contributed by atoms with Gasteiger partial charge in [-0.2, -0.15) is 0 Å². The van der Waals surface area contributed by atoms with Crippen LogP contribution in [0.4, 0.5) is 0 Å². The van der Waals surface area contributed by atoms with Gasteiger partial charge in [0, 0.05) is 11.6 Å². The van der Waals surface area contributed by atoms with Crippen molar-refractivity contribution in [2.75, 3.05) is 0 Å². The Morgan fingerprint density at radius 3 is 2.57 bits per heavy atom. The maximum atomic E-state index is 12.1. The first-order valence-electron chi connectivity index (χ1n) is 6.91. The van der Waals surface area contributed by atoms with E-state index in [0.29, 0.717) is 16.4 Å². The van der Waals surface area contributed by atoms with Gasteiger partial charge in [-0.3, -0.25) is 10.1 Å². The molecule has 4 nitrogen and oxygen atoms in total. The van der Waals surface area contributed by atoms with E-state index < -0.39 is 0 Å². The average molecular weight is 373 g/mol. The molecule has 1 aromatic rings. The molecule has 1 atom stereocenters. The van der Waals surface area contributed by atoms with Gasteiger partial charge in [-0.25, -0.2) is 0 Å². The molecule has 1 unspecified atom stereocenters. The molecular weight excluding hydrogens is 352 g/mol. The molecule has 0 radical (unpaired) electrons. The molecule has 0 saturated carbocycles. The molecule has 0 aliphatic rings. The van der Waals surface area contributed by atoms with Crippen molar-refractivity contribution in [3.05, 3.63) is 28.2 Å². The topological polar surface area (TPSA) is 50.4 Å². The van der Waals surface area contributed by atoms with Crippen LogP contribution < -0.4 is 15.4 Å². The Kier molecular flexibility index (Phi) is 7.11. The zero-order valence-electron chi connectivity index (χ0n) is 12.7. The second-order valence-corrected chi connectivity index (χ2v) is 6.31. The SMILES string of the molecule is CCC(C)NC(=S)NC(=O)c1ccc(OC(C)C)c(Br)c1. The molecule has 0 aliphatic carbocycles. The van der Waals surface area contributed by atoms with Crippen LogP contribution in [0.25, 0.3) is 0 Å². The molecule has 1 aromatic carbocycles. The largest absolute Gasteiger partial charge is 0.490 e. The highest BCUT2D eigenvalue weighted by Crippen LogP contribution is 2.26. The Hall–Kier alpha value is -1.14. The number of carbonyl (C=O) groups is 1. The average Bonchev–Trinajstić information content (AvgIpc) is 2.40. The van der Waals surface area contributed by atoms with Gasteiger partial charge in [0.15, 0.2) is 5.11 Å². The standard InChI is InChI=1S/C15H21BrN2O2S/c1-5-10(4)17-15(21)18-14(19)11-6-7-13(12(16)8-11)20-9(2)3/h6-10H,5H2,1-4H3,(H2,17,18,19,21). The van der Waals surface area contributed by atoms with Crippen LogP contribution in [0.3, 0.4) is 0 Å². The van der Waals surface area contributed by atoms with E-state index in [-0.39, 0.29) is 18.1 Å². The van der Waals surface area contributed by atoms with Gasteiger partial charge < -0.3 is 10.1 Å². The second-order valence-electron chi connectivity index (χ2n) is 5.05. The van der Waals surface area contributed by atoms with Crippen LogP contribution in [0.15, 0.2) is 22.7 Å². The van der Waals surface area contributed by atoms with Gasteiger partial charge in [0.25, 0.3) is 5.91 Å². The third-order valence-electron chi connectivity index (χ3n) is 2.77. The van der Waals surface area contributed by atoms with Crippen molar-refractivity contribution in [3.63, 3.8) is 0 Å². The molecule has 0 aromatic heterocycles. The van der Waals surface area contributed by atoms with E-state index >= 15 is 0 Å². The number of hydrogen-bond acceptors (Lipinski definition) is 3. The number of benzene rings is 1. The smallest absolute Gasteiger partial charge is 0.257 e. The number of thiocarbonyl (C=S) groups is 1. The van der Waals surface area contributed by atoms with Gasteiger partial charge in [-0.1, -0.05) is 6.92 Å². The number of ether oxygens (including phenoxy) is 1. The highest BCUT2D eigenvalue weighted by molar-refractivity contribution is 9.10. The van der Waals surface area contributed by atoms with Crippen molar-refractivity contribution < 1.29 is 9.53 Å². The van der Waals surface area contributed by atoms with Gasteiger partial charge >= 0.3 is 0 Å². The molecule has 0 bridgehead atoms. The van der Waals surface area contributed by atoms with E-state index in [1.807, 2.05) is 27.7 Å². The maximum Gasteiger partial charge on any atom is 0.257 e. The minimum absolute atomic E-state index is 0.0771. The van der Waals surface area contributed by atoms with Crippen LogP contribution in [0, 0.1) is 0 Å². The van der Waals surface area contributed by atoms with E-state index in [9.17, 15) is 4.79 Å². The summed E-state index contributed by atoms with van der Waals surface area (Å²) in [4.78, 5) is 12.1. The summed E-state index contributed by atoms with van der Waals surface area (Å²) in [5, 5.41) is 6.05. The quantitative estimate of drug-likeness (QED) is 0.774. The molecule has 0 spiro atoms. The fourth-order valence-corrected chi connectivity index (χ4v) is 2.29. The predicted molar refractivity (Wildman–Crippen MR) is 92.9 cm³/mol. The minimum Gasteiger partial charge on any atom is -0.490 e. The van der Waals surface area contributed by atoms with Crippen molar-refractivity contribution >= 4 is 39.2 Å². The summed E-state index contributed by atoms with van der Waals surface area (Å²) in [6, 6.07) is 5.43. The molecule has 1 amide bonds. The third-order valence-corrected chi connectivity index (χ3v) is 3.61. The Bertz CT molecular complexity index is 520. The highest BCUT2D eigenvalue weighted by atomic mass is 79.9. The van der Waals surface area contributed by atoms with Gasteiger partial charge in [-0.15, -0.1) is 0 Å². The summed E-state index contributed by atoms with van der Waals surface area (Å²) in [6.07, 6.45) is 1.01. The van der Waals surface area contributed by atoms with E-state index in [0.717, 1.165) is 10.9 Å². The van der Waals surface area contributed by atoms with Gasteiger partial charge in [-0.05, 0) is 73.5 Å². The van der Waals surface area contributed by atoms with Crippen LogP contribution in [-0.2, 0) is 0 Å². The Morgan fingerprint density at radius 1 is 1.38 bits per heavy atom. The monoisotopic (exact) mass is 372 g/mol. The van der Waals surface area contributed by atoms with E-state index in [1.54, 1.807) is 18.2 Å². The van der Waals surface area contributed by atoms with E-state index in [2.05, 4.69) is 26.6 Å². The highest BCUT2D eigenvalue weighted by Gasteiger charge is 2.12. The summed E-state index contributed by atoms with van der Waals surface area (Å²) in [7, 11) is 0. The fraction of sp³-hybridized carbons (Fsp3) is 0.467. The number of halogens is 1. The van der Waals surface area contributed by atoms with E-state index in [4.69, 9.17) is 17.0 Å². The van der Waals surface area contributed by atoms with Gasteiger partial charge in [0.1, 0.15) is 5.75 Å². The van der Waals surface area contributed by atoms with E-state index in [1.165, 1.54) is 0 Å². The molecule has 0 heterocycles. The van der Waals surface area contributed by atoms with Crippen molar-refractivity contribution in [1.82, 2.24) is 10.6 Å². The molecule has 0 saturated heterocycles. The Labute approximate surface area is 139 Å². The number of hydrogen-bond donors (Lipinski definition) is 2. The second kappa shape index (κ2) is 8.34. The minimum atomic E-state index is -0.243. The van der Waals surface area contributed by atoms with Crippen LogP contribution >= 0.6 is 28.1 Å². The summed E-state index contributed by atoms with van der Waals surface area (Å²) in [6.45, 7) is 7.96. The number of carbonyl (C=O) groups excluding carboxylic acids is 1. The summed E-state index contributed by atoms with van der Waals surface area (Å²) in [5.41, 5.74) is 0.520. The van der Waals surface area contributed by atoms with Crippen molar-refractivity contribution in [2.24, 2.45) is 0 Å². The maximum absolute atomic E-state index is 12.1. The van der Waals surface area contributed by atoms with Crippen molar-refractivity contribution in [2.45, 2.75) is 46.3 Å². The van der Waals surface area contributed by atoms with Crippen LogP contribution in [0.2, 0.25) is 0 Å². The first kappa shape index (κ1) is 17.9. The summed E-state index contributed by atoms with van der Waals surface area (Å²) < 4.78 is 6.35. The first-order chi connectivity index (χ1) is 9.83. The molecule has 116 valence electrons. The molecule has 1 rings (SSSR count). The summed E-state index contributed by atoms with van der Waals surface area (Å²) >= 11 is 8.52. The van der Waals surface area contributed by atoms with Crippen LogP contribution in [0.5, 0.6) is 5.75 Å². The fourth-order valence-electron chi connectivity index (χ4n) is 1.53. The lowest BCUT2D eigenvalue weighted by Crippen LogP contribution is -2.43. The molecule has 0 fully saturated rings. The molecule has 6 heteroatoms. The normalized spacial score (nSPS) is 11.9. The van der Waals surface area contributed by atoms with Crippen molar-refractivity contribution in [3.8, 4) is 5.75 Å². The van der Waals surface area contributed by atoms with Crippen LogP contribution in [0.1, 0.15) is 44.5 Å². The number of rotatable bonds is 5. The molecule has 0 aliphatic heterocycles. The molecular formula is C15H21BrN2O2S. The molecule has 2 N–H and O–H groups in total. The third kappa shape index (κ3) is 6.01. The summed E-state index contributed by atoms with van der Waals surface area (Å²) in [5.74, 6) is 0.467. The molecule has 21 heavy (non-hydrogen) atoms. The van der Waals surface area contributed by atoms with Gasteiger partial charge in [0.05, 0.1) is 10.6 Å². The lowest BCUT2D eigenvalue weighted by atomic mass is 10.2. The predicted octanol–water partition coefficient (Wildman–Crippen LogP) is 3.64. The first-order valence-corrected chi connectivity index (χ1v) is 8.11. The van der Waals surface area contributed by atoms with Crippen LogP contribution in [-0.4, -0.2) is 23.2 Å². The zero-order valence-corrected chi connectivity index (χ0v) is 15.1. The zero-order chi connectivity index (χ0) is 16.0. The number of nitrogens with one attached hydrogen (secondary N) is 2. The lowest BCUT2D eigenvalue weighted by Gasteiger charge is -2.15. The number of amides is 1. The Morgan fingerprint density at radius 2 is 2.05 bits per heavy atom. The van der Waals surface area contributed by atoms with Gasteiger partial charge in [0.2, 0.25) is 0 Å². The lowest BCUT2D eigenvalue weighted by molar-refractivity contribution is 0.0976.